The highest BCUT2D eigenvalue weighted by Gasteiger charge is 2.39. The smallest absolute Gasteiger partial charge is 0.323 e. The Bertz CT molecular complexity index is 739. The first-order valence-electron chi connectivity index (χ1n) is 9.26. The fraction of sp³-hybridized carbons (Fsp3) is 0.524. The molecule has 0 aliphatic carbocycles. The molecule has 1 aromatic carbocycles. The Labute approximate surface area is 155 Å². The number of piperidine rings is 1. The number of para-hydroxylation sites is 1. The van der Waals surface area contributed by atoms with Crippen molar-refractivity contribution >= 4 is 17.4 Å². The second-order valence-electron chi connectivity index (χ2n) is 7.70. The summed E-state index contributed by atoms with van der Waals surface area (Å²) in [5, 5.41) is 0. The monoisotopic (exact) mass is 356 g/mol. The zero-order valence-electron chi connectivity index (χ0n) is 16.1. The van der Waals surface area contributed by atoms with Gasteiger partial charge in [-0.3, -0.25) is 14.5 Å². The molecule has 0 N–H and O–H groups in total. The average Bonchev–Trinajstić information content (AvgIpc) is 2.83. The van der Waals surface area contributed by atoms with Crippen LogP contribution < -0.4 is 4.90 Å². The molecule has 1 fully saturated rings. The predicted octanol–water partition coefficient (Wildman–Crippen LogP) is 2.89. The van der Waals surface area contributed by atoms with Crippen molar-refractivity contribution in [3.8, 4) is 0 Å². The van der Waals surface area contributed by atoms with Gasteiger partial charge in [-0.2, -0.15) is 0 Å². The summed E-state index contributed by atoms with van der Waals surface area (Å²) in [5.41, 5.74) is 3.15. The van der Waals surface area contributed by atoms with Crippen LogP contribution in [0.4, 0.5) is 5.69 Å². The van der Waals surface area contributed by atoms with E-state index >= 15 is 0 Å². The molecule has 5 nitrogen and oxygen atoms in total. The van der Waals surface area contributed by atoms with Crippen LogP contribution in [0.2, 0.25) is 0 Å². The largest absolute Gasteiger partial charge is 0.468 e. The number of likely N-dealkylation sites (N-methyl/N-ethyl adjacent to an activating group) is 1. The van der Waals surface area contributed by atoms with Crippen LogP contribution in [-0.2, 0) is 19.7 Å². The molecule has 5 heteroatoms. The third-order valence-corrected chi connectivity index (χ3v) is 5.68. The molecule has 0 saturated carbocycles. The molecule has 0 radical (unpaired) electrons. The summed E-state index contributed by atoms with van der Waals surface area (Å²) in [7, 11) is 3.41. The molecule has 1 atom stereocenters. The molecule has 3 rings (SSSR count). The van der Waals surface area contributed by atoms with Crippen molar-refractivity contribution in [1.82, 2.24) is 4.90 Å². The third kappa shape index (κ3) is 3.28. The molecule has 1 saturated heterocycles. The summed E-state index contributed by atoms with van der Waals surface area (Å²) in [5.74, 6) is -0.209. The molecular weight excluding hydrogens is 328 g/mol. The van der Waals surface area contributed by atoms with E-state index in [4.69, 9.17) is 4.74 Å². The van der Waals surface area contributed by atoms with Crippen LogP contribution in [0.1, 0.15) is 38.7 Å². The van der Waals surface area contributed by atoms with Gasteiger partial charge in [-0.1, -0.05) is 38.5 Å². The SMILES string of the molecule is COC(=O)C1CCCCN1CC(=O)C=C1N(C)c2ccccc2C1(C)C. The number of benzene rings is 1. The summed E-state index contributed by atoms with van der Waals surface area (Å²) in [6.45, 7) is 5.30. The lowest BCUT2D eigenvalue weighted by Crippen LogP contribution is -2.47. The Morgan fingerprint density at radius 3 is 2.69 bits per heavy atom. The van der Waals surface area contributed by atoms with Gasteiger partial charge in [0, 0.05) is 29.9 Å². The van der Waals surface area contributed by atoms with Gasteiger partial charge in [0.1, 0.15) is 6.04 Å². The van der Waals surface area contributed by atoms with E-state index in [1.165, 1.54) is 12.7 Å². The number of esters is 1. The number of hydrogen-bond acceptors (Lipinski definition) is 5. The van der Waals surface area contributed by atoms with Crippen molar-refractivity contribution in [3.63, 3.8) is 0 Å². The summed E-state index contributed by atoms with van der Waals surface area (Å²) >= 11 is 0. The normalized spacial score (nSPS) is 23.8. The molecule has 2 aliphatic heterocycles. The first-order chi connectivity index (χ1) is 12.4. The number of nitrogens with zero attached hydrogens (tertiary/aromatic N) is 2. The van der Waals surface area contributed by atoms with E-state index in [9.17, 15) is 9.59 Å². The van der Waals surface area contributed by atoms with Gasteiger partial charge in [0.25, 0.3) is 0 Å². The van der Waals surface area contributed by atoms with E-state index in [2.05, 4.69) is 30.9 Å². The molecule has 26 heavy (non-hydrogen) atoms. The van der Waals surface area contributed by atoms with Gasteiger partial charge in [-0.05, 0) is 31.0 Å². The van der Waals surface area contributed by atoms with Crippen molar-refractivity contribution in [2.24, 2.45) is 0 Å². The molecular formula is C21H28N2O3. The Balaban J connectivity index is 1.80. The van der Waals surface area contributed by atoms with Gasteiger partial charge in [-0.15, -0.1) is 0 Å². The number of hydrogen-bond donors (Lipinski definition) is 0. The second-order valence-corrected chi connectivity index (χ2v) is 7.70. The number of methoxy groups -OCH3 is 1. The highest BCUT2D eigenvalue weighted by Crippen LogP contribution is 2.46. The number of ether oxygens (including phenoxy) is 1. The van der Waals surface area contributed by atoms with Crippen LogP contribution in [0, 0.1) is 0 Å². The summed E-state index contributed by atoms with van der Waals surface area (Å²) < 4.78 is 4.91. The Morgan fingerprint density at radius 2 is 2.00 bits per heavy atom. The second kappa shape index (κ2) is 7.23. The molecule has 0 spiro atoms. The number of carbonyl (C=O) groups excluding carboxylic acids is 2. The number of fused-ring (bicyclic) bond motifs is 1. The topological polar surface area (TPSA) is 49.9 Å². The van der Waals surface area contributed by atoms with Gasteiger partial charge in [0.05, 0.1) is 13.7 Å². The van der Waals surface area contributed by atoms with Crippen molar-refractivity contribution in [2.75, 3.05) is 32.1 Å². The van der Waals surface area contributed by atoms with Crippen LogP contribution in [-0.4, -0.2) is 49.9 Å². The zero-order valence-corrected chi connectivity index (χ0v) is 16.1. The molecule has 2 heterocycles. The minimum absolute atomic E-state index is 0.0311. The highest BCUT2D eigenvalue weighted by molar-refractivity contribution is 5.94. The standard InChI is InChI=1S/C21H28N2O3/c1-21(2)16-9-5-6-10-17(16)22(3)19(21)13-15(24)14-23-12-8-7-11-18(23)20(25)26-4/h5-6,9-10,13,18H,7-8,11-12,14H2,1-4H3. The number of carbonyl (C=O) groups is 2. The maximum atomic E-state index is 12.8. The predicted molar refractivity (Wildman–Crippen MR) is 102 cm³/mol. The number of likely N-dealkylation sites (tertiary alicyclic amines) is 1. The summed E-state index contributed by atoms with van der Waals surface area (Å²) in [6, 6.07) is 7.95. The van der Waals surface area contributed by atoms with Gasteiger partial charge >= 0.3 is 5.97 Å². The molecule has 2 aliphatic rings. The lowest BCUT2D eigenvalue weighted by Gasteiger charge is -2.33. The Kier molecular flexibility index (Phi) is 5.19. The molecule has 0 bridgehead atoms. The van der Waals surface area contributed by atoms with Crippen LogP contribution in [0.25, 0.3) is 0 Å². The van der Waals surface area contributed by atoms with Crippen molar-refractivity contribution in [1.29, 1.82) is 0 Å². The van der Waals surface area contributed by atoms with E-state index in [1.54, 1.807) is 6.08 Å². The minimum atomic E-state index is -0.303. The van der Waals surface area contributed by atoms with E-state index < -0.39 is 0 Å². The number of anilines is 1. The summed E-state index contributed by atoms with van der Waals surface area (Å²) in [4.78, 5) is 28.9. The van der Waals surface area contributed by atoms with Gasteiger partial charge < -0.3 is 9.64 Å². The number of rotatable bonds is 4. The maximum Gasteiger partial charge on any atom is 0.323 e. The molecule has 0 aromatic heterocycles. The Morgan fingerprint density at radius 1 is 1.27 bits per heavy atom. The molecule has 1 unspecified atom stereocenters. The Hall–Kier alpha value is -2.14. The van der Waals surface area contributed by atoms with E-state index in [0.29, 0.717) is 0 Å². The van der Waals surface area contributed by atoms with Crippen LogP contribution in [0.15, 0.2) is 36.0 Å². The van der Waals surface area contributed by atoms with Crippen LogP contribution >= 0.6 is 0 Å². The van der Waals surface area contributed by atoms with Crippen molar-refractivity contribution < 1.29 is 14.3 Å². The van der Waals surface area contributed by atoms with E-state index in [-0.39, 0.29) is 29.8 Å². The number of allylic oxidation sites excluding steroid dienone is 1. The van der Waals surface area contributed by atoms with E-state index in [1.807, 2.05) is 24.1 Å². The fourth-order valence-corrected chi connectivity index (χ4v) is 4.24. The van der Waals surface area contributed by atoms with Crippen LogP contribution in [0.3, 0.4) is 0 Å². The quantitative estimate of drug-likeness (QED) is 0.613. The lowest BCUT2D eigenvalue weighted by atomic mass is 9.83. The van der Waals surface area contributed by atoms with Gasteiger partial charge in [0.15, 0.2) is 5.78 Å². The van der Waals surface area contributed by atoms with E-state index in [0.717, 1.165) is 37.2 Å². The fourth-order valence-electron chi connectivity index (χ4n) is 4.24. The minimum Gasteiger partial charge on any atom is -0.468 e. The first-order valence-corrected chi connectivity index (χ1v) is 9.26. The zero-order chi connectivity index (χ0) is 18.9. The maximum absolute atomic E-state index is 12.8. The summed E-state index contributed by atoms with van der Waals surface area (Å²) in [6.07, 6.45) is 4.51. The number of ketones is 1. The lowest BCUT2D eigenvalue weighted by molar-refractivity contribution is -0.148. The first kappa shape index (κ1) is 18.6. The third-order valence-electron chi connectivity index (χ3n) is 5.68. The van der Waals surface area contributed by atoms with Crippen molar-refractivity contribution in [2.45, 2.75) is 44.6 Å². The average molecular weight is 356 g/mol. The highest BCUT2D eigenvalue weighted by atomic mass is 16.5. The van der Waals surface area contributed by atoms with Crippen molar-refractivity contribution in [3.05, 3.63) is 41.6 Å². The molecule has 140 valence electrons. The van der Waals surface area contributed by atoms with Gasteiger partial charge in [0.2, 0.25) is 0 Å². The molecule has 0 amide bonds. The molecule has 1 aromatic rings. The van der Waals surface area contributed by atoms with Gasteiger partial charge in [-0.25, -0.2) is 0 Å². The van der Waals surface area contributed by atoms with Crippen LogP contribution in [0.5, 0.6) is 0 Å².